The molecule has 2 aliphatic rings. The van der Waals surface area contributed by atoms with Crippen molar-refractivity contribution in [3.05, 3.63) is 29.0 Å². The average Bonchev–Trinajstić information content (AvgIpc) is 2.94. The van der Waals surface area contributed by atoms with Crippen LogP contribution in [-0.4, -0.2) is 53.6 Å². The number of nitrogens with zero attached hydrogens (tertiary/aromatic N) is 1. The van der Waals surface area contributed by atoms with E-state index < -0.39 is 6.10 Å². The van der Waals surface area contributed by atoms with Crippen molar-refractivity contribution in [3.8, 4) is 0 Å². The zero-order valence-electron chi connectivity index (χ0n) is 9.95. The van der Waals surface area contributed by atoms with Crippen molar-refractivity contribution in [1.82, 2.24) is 10.3 Å². The van der Waals surface area contributed by atoms with Crippen LogP contribution in [0.4, 0.5) is 0 Å². The molecule has 1 aromatic heterocycles. The number of hydrogen-bond donors (Lipinski definition) is 2. The van der Waals surface area contributed by atoms with Crippen LogP contribution >= 0.6 is 11.6 Å². The van der Waals surface area contributed by atoms with Gasteiger partial charge < -0.3 is 19.9 Å². The van der Waals surface area contributed by atoms with Gasteiger partial charge in [0.1, 0.15) is 18.3 Å². The summed E-state index contributed by atoms with van der Waals surface area (Å²) in [4.78, 5) is 15.9. The first kappa shape index (κ1) is 12.8. The third-order valence-electron chi connectivity index (χ3n) is 3.31. The molecule has 0 saturated carbocycles. The smallest absolute Gasteiger partial charge is 0.253 e. The van der Waals surface area contributed by atoms with Crippen molar-refractivity contribution in [2.24, 2.45) is 0 Å². The molecule has 0 spiro atoms. The Morgan fingerprint density at radius 2 is 2.16 bits per heavy atom. The molecule has 2 saturated heterocycles. The minimum Gasteiger partial charge on any atom is -0.388 e. The predicted octanol–water partition coefficient (Wildman–Crippen LogP) is -0.00810. The van der Waals surface area contributed by atoms with Crippen molar-refractivity contribution in [1.29, 1.82) is 0 Å². The summed E-state index contributed by atoms with van der Waals surface area (Å²) in [5.74, 6) is -0.283. The SMILES string of the molecule is O=C(N[C@@H]1CO[C@H]2[C@@H]1OC[C@H]2O)c1cncc(Cl)c1. The van der Waals surface area contributed by atoms with E-state index >= 15 is 0 Å². The Balaban J connectivity index is 1.67. The second kappa shape index (κ2) is 5.05. The van der Waals surface area contributed by atoms with Gasteiger partial charge in [-0.25, -0.2) is 0 Å². The molecular weight excluding hydrogens is 272 g/mol. The lowest BCUT2D eigenvalue weighted by Crippen LogP contribution is -2.44. The molecule has 6 nitrogen and oxygen atoms in total. The molecule has 0 radical (unpaired) electrons. The molecule has 1 amide bonds. The van der Waals surface area contributed by atoms with Crippen molar-refractivity contribution < 1.29 is 19.4 Å². The van der Waals surface area contributed by atoms with E-state index in [1.54, 1.807) is 6.07 Å². The van der Waals surface area contributed by atoms with Crippen molar-refractivity contribution in [2.45, 2.75) is 24.4 Å². The maximum absolute atomic E-state index is 12.0. The van der Waals surface area contributed by atoms with Crippen LogP contribution in [-0.2, 0) is 9.47 Å². The number of carbonyl (C=O) groups is 1. The summed E-state index contributed by atoms with van der Waals surface area (Å²) < 4.78 is 10.9. The fraction of sp³-hybridized carbons (Fsp3) is 0.500. The summed E-state index contributed by atoms with van der Waals surface area (Å²) in [7, 11) is 0. The Bertz CT molecular complexity index is 498. The molecule has 0 bridgehead atoms. The normalized spacial score (nSPS) is 33.2. The summed E-state index contributed by atoms with van der Waals surface area (Å²) >= 11 is 5.79. The van der Waals surface area contributed by atoms with Crippen LogP contribution in [0, 0.1) is 0 Å². The third kappa shape index (κ3) is 2.44. The standard InChI is InChI=1S/C12H13ClN2O4/c13-7-1-6(2-14-3-7)12(17)15-8-4-18-11-9(16)5-19-10(8)11/h1-3,8-11,16H,4-5H2,(H,15,17)/t8-,9-,10-,11-/m1/s1. The largest absolute Gasteiger partial charge is 0.388 e. The minimum atomic E-state index is -0.625. The molecule has 7 heteroatoms. The van der Waals surface area contributed by atoms with E-state index in [4.69, 9.17) is 21.1 Å². The lowest BCUT2D eigenvalue weighted by atomic mass is 10.1. The summed E-state index contributed by atoms with van der Waals surface area (Å²) in [6.45, 7) is 0.562. The molecule has 2 fully saturated rings. The molecule has 2 N–H and O–H groups in total. The van der Waals surface area contributed by atoms with Gasteiger partial charge in [-0.05, 0) is 6.07 Å². The van der Waals surface area contributed by atoms with E-state index in [2.05, 4.69) is 10.3 Å². The number of hydrogen-bond acceptors (Lipinski definition) is 5. The molecule has 0 aliphatic carbocycles. The number of pyridine rings is 1. The monoisotopic (exact) mass is 284 g/mol. The first-order chi connectivity index (χ1) is 9.15. The van der Waals surface area contributed by atoms with Gasteiger partial charge in [-0.1, -0.05) is 11.6 Å². The summed E-state index contributed by atoms with van der Waals surface area (Å²) in [5, 5.41) is 12.8. The fourth-order valence-corrected chi connectivity index (χ4v) is 2.56. The van der Waals surface area contributed by atoms with Gasteiger partial charge in [0.2, 0.25) is 0 Å². The number of aromatic nitrogens is 1. The highest BCUT2D eigenvalue weighted by atomic mass is 35.5. The number of ether oxygens (including phenoxy) is 2. The second-order valence-corrected chi connectivity index (χ2v) is 5.07. The highest BCUT2D eigenvalue weighted by Gasteiger charge is 2.47. The van der Waals surface area contributed by atoms with Gasteiger partial charge in [0.25, 0.3) is 5.91 Å². The Kier molecular flexibility index (Phi) is 3.40. The van der Waals surface area contributed by atoms with Gasteiger partial charge in [0, 0.05) is 12.4 Å². The minimum absolute atomic E-state index is 0.237. The Morgan fingerprint density at radius 1 is 1.37 bits per heavy atom. The quantitative estimate of drug-likeness (QED) is 0.798. The Labute approximate surface area is 114 Å². The van der Waals surface area contributed by atoms with E-state index in [0.29, 0.717) is 17.2 Å². The fourth-order valence-electron chi connectivity index (χ4n) is 2.39. The molecule has 3 heterocycles. The van der Waals surface area contributed by atoms with Gasteiger partial charge in [-0.2, -0.15) is 0 Å². The predicted molar refractivity (Wildman–Crippen MR) is 66.0 cm³/mol. The second-order valence-electron chi connectivity index (χ2n) is 4.64. The molecule has 0 unspecified atom stereocenters. The van der Waals surface area contributed by atoms with Gasteiger partial charge in [-0.3, -0.25) is 9.78 Å². The highest BCUT2D eigenvalue weighted by Crippen LogP contribution is 2.27. The highest BCUT2D eigenvalue weighted by molar-refractivity contribution is 6.30. The number of aliphatic hydroxyl groups is 1. The number of rotatable bonds is 2. The number of amides is 1. The van der Waals surface area contributed by atoms with Crippen LogP contribution < -0.4 is 5.32 Å². The van der Waals surface area contributed by atoms with E-state index in [1.165, 1.54) is 12.4 Å². The molecule has 4 atom stereocenters. The van der Waals surface area contributed by atoms with Crippen LogP contribution in [0.5, 0.6) is 0 Å². The number of nitrogens with one attached hydrogen (secondary N) is 1. The van der Waals surface area contributed by atoms with Crippen LogP contribution in [0.3, 0.4) is 0 Å². The molecule has 19 heavy (non-hydrogen) atoms. The van der Waals surface area contributed by atoms with Crippen LogP contribution in [0.25, 0.3) is 0 Å². The van der Waals surface area contributed by atoms with Crippen LogP contribution in [0.15, 0.2) is 18.5 Å². The number of aliphatic hydroxyl groups excluding tert-OH is 1. The van der Waals surface area contributed by atoms with E-state index in [1.807, 2.05) is 0 Å². The molecule has 1 aromatic rings. The van der Waals surface area contributed by atoms with E-state index in [9.17, 15) is 9.90 Å². The van der Waals surface area contributed by atoms with Crippen molar-refractivity contribution >= 4 is 17.5 Å². The summed E-state index contributed by atoms with van der Waals surface area (Å²) in [6.07, 6.45) is 1.62. The average molecular weight is 285 g/mol. The zero-order chi connectivity index (χ0) is 13.4. The van der Waals surface area contributed by atoms with Gasteiger partial charge in [0.05, 0.1) is 29.8 Å². The van der Waals surface area contributed by atoms with Crippen molar-refractivity contribution in [2.75, 3.05) is 13.2 Å². The Morgan fingerprint density at radius 3 is 2.95 bits per heavy atom. The number of halogens is 1. The van der Waals surface area contributed by atoms with Gasteiger partial charge >= 0.3 is 0 Å². The topological polar surface area (TPSA) is 80.7 Å². The summed E-state index contributed by atoms with van der Waals surface area (Å²) in [6, 6.07) is 1.27. The molecule has 2 aliphatic heterocycles. The van der Waals surface area contributed by atoms with Gasteiger partial charge in [-0.15, -0.1) is 0 Å². The number of fused-ring (bicyclic) bond motifs is 1. The zero-order valence-corrected chi connectivity index (χ0v) is 10.7. The maximum Gasteiger partial charge on any atom is 0.253 e. The molecular formula is C12H13ClN2O4. The lowest BCUT2D eigenvalue weighted by molar-refractivity contribution is 0.0178. The summed E-state index contributed by atoms with van der Waals surface area (Å²) in [5.41, 5.74) is 0.384. The van der Waals surface area contributed by atoms with E-state index in [-0.39, 0.29) is 30.8 Å². The van der Waals surface area contributed by atoms with Crippen LogP contribution in [0.1, 0.15) is 10.4 Å². The molecule has 102 valence electrons. The first-order valence-corrected chi connectivity index (χ1v) is 6.35. The lowest BCUT2D eigenvalue weighted by Gasteiger charge is -2.17. The van der Waals surface area contributed by atoms with Crippen molar-refractivity contribution in [3.63, 3.8) is 0 Å². The Hall–Kier alpha value is -1.21. The third-order valence-corrected chi connectivity index (χ3v) is 3.52. The molecule has 3 rings (SSSR count). The van der Waals surface area contributed by atoms with Crippen LogP contribution in [0.2, 0.25) is 5.02 Å². The van der Waals surface area contributed by atoms with E-state index in [0.717, 1.165) is 0 Å². The maximum atomic E-state index is 12.0. The van der Waals surface area contributed by atoms with Gasteiger partial charge in [0.15, 0.2) is 0 Å². The number of carbonyl (C=O) groups excluding carboxylic acids is 1. The molecule has 0 aromatic carbocycles. The first-order valence-electron chi connectivity index (χ1n) is 5.98.